The van der Waals surface area contributed by atoms with Gasteiger partial charge in [-0.15, -0.1) is 6.42 Å². The summed E-state index contributed by atoms with van der Waals surface area (Å²) in [6.07, 6.45) is 14.2. The van der Waals surface area contributed by atoms with E-state index in [-0.39, 0.29) is 47.2 Å². The molecule has 0 bridgehead atoms. The third kappa shape index (κ3) is 7.33. The third-order valence-electron chi connectivity index (χ3n) is 11.9. The normalized spacial score (nSPS) is 24.7. The molecule has 3 atom stereocenters. The summed E-state index contributed by atoms with van der Waals surface area (Å²) in [6.45, 7) is 8.74. The summed E-state index contributed by atoms with van der Waals surface area (Å²) in [5.74, 6) is 2.55. The molecule has 0 unspecified atom stereocenters. The van der Waals surface area contributed by atoms with Crippen molar-refractivity contribution in [2.75, 3.05) is 44.8 Å². The second-order valence-corrected chi connectivity index (χ2v) is 15.5. The number of nitrogens with one attached hydrogen (secondary N) is 2. The number of anilines is 1. The van der Waals surface area contributed by atoms with Gasteiger partial charge in [0, 0.05) is 61.7 Å². The summed E-state index contributed by atoms with van der Waals surface area (Å²) >= 11 is 0. The second kappa shape index (κ2) is 15.0. The van der Waals surface area contributed by atoms with Gasteiger partial charge in [-0.2, -0.15) is 9.97 Å². The fourth-order valence-electron chi connectivity index (χ4n) is 9.19. The number of likely N-dealkylation sites (tertiary alicyclic amines) is 1. The highest BCUT2D eigenvalue weighted by Gasteiger charge is 2.46. The van der Waals surface area contributed by atoms with E-state index in [2.05, 4.69) is 35.0 Å². The topological polar surface area (TPSA) is 109 Å². The lowest BCUT2D eigenvalue weighted by Crippen LogP contribution is -2.52. The zero-order chi connectivity index (χ0) is 36.5. The number of halogens is 2. The molecule has 4 aliphatic rings. The first-order valence-corrected chi connectivity index (χ1v) is 18.7. The van der Waals surface area contributed by atoms with Gasteiger partial charge < -0.3 is 25.2 Å². The number of aromatic nitrogens is 2. The number of carbonyl (C=O) groups is 1. The molecule has 276 valence electrons. The monoisotopic (exact) mass is 713 g/mol. The lowest BCUT2D eigenvalue weighted by Gasteiger charge is -2.41. The van der Waals surface area contributed by atoms with Gasteiger partial charge in [0.1, 0.15) is 30.2 Å². The van der Waals surface area contributed by atoms with Gasteiger partial charge in [-0.25, -0.2) is 8.78 Å². The molecule has 3 fully saturated rings. The number of benzene rings is 2. The molecular weight excluding hydrogens is 664 g/mol. The molecule has 2 aliphatic heterocycles. The van der Waals surface area contributed by atoms with Crippen LogP contribution in [0.1, 0.15) is 86.6 Å². The van der Waals surface area contributed by atoms with Crippen LogP contribution in [0.5, 0.6) is 11.8 Å². The van der Waals surface area contributed by atoms with Crippen molar-refractivity contribution >= 4 is 22.5 Å². The molecule has 52 heavy (non-hydrogen) atoms. The van der Waals surface area contributed by atoms with E-state index in [4.69, 9.17) is 25.9 Å². The Morgan fingerprint density at radius 3 is 2.75 bits per heavy atom. The van der Waals surface area contributed by atoms with Gasteiger partial charge in [0.2, 0.25) is 5.91 Å². The molecule has 2 aliphatic carbocycles. The minimum absolute atomic E-state index is 0.0902. The molecule has 9 nitrogen and oxygen atoms in total. The van der Waals surface area contributed by atoms with Crippen LogP contribution in [0, 0.1) is 23.6 Å². The summed E-state index contributed by atoms with van der Waals surface area (Å²) < 4.78 is 42.1. The molecule has 1 aromatic heterocycles. The van der Waals surface area contributed by atoms with Crippen molar-refractivity contribution in [3.05, 3.63) is 65.1 Å². The first-order valence-electron chi connectivity index (χ1n) is 18.7. The zero-order valence-electron chi connectivity index (χ0n) is 30.0. The van der Waals surface area contributed by atoms with E-state index in [1.54, 1.807) is 18.2 Å². The molecule has 0 spiro atoms. The fraction of sp³-hybridized carbons (Fsp3) is 0.537. The minimum atomic E-state index is -0.946. The van der Waals surface area contributed by atoms with Crippen LogP contribution in [0.3, 0.4) is 0 Å². The van der Waals surface area contributed by atoms with E-state index in [1.165, 1.54) is 12.1 Å². The van der Waals surface area contributed by atoms with Crippen LogP contribution >= 0.6 is 0 Å². The predicted octanol–water partition coefficient (Wildman–Crippen LogP) is 6.36. The van der Waals surface area contributed by atoms with Crippen LogP contribution in [-0.4, -0.2) is 83.1 Å². The molecule has 1 saturated carbocycles. The fourth-order valence-corrected chi connectivity index (χ4v) is 9.19. The largest absolute Gasteiger partial charge is 0.508 e. The van der Waals surface area contributed by atoms with Crippen molar-refractivity contribution in [3.8, 4) is 24.1 Å². The molecule has 1 amide bonds. The molecule has 0 radical (unpaired) electrons. The number of alkyl halides is 1. The smallest absolute Gasteiger partial charge is 0.318 e. The zero-order valence-corrected chi connectivity index (χ0v) is 30.0. The molecule has 2 saturated heterocycles. The first-order chi connectivity index (χ1) is 25.1. The predicted molar refractivity (Wildman–Crippen MR) is 197 cm³/mol. The summed E-state index contributed by atoms with van der Waals surface area (Å²) in [7, 11) is 0. The lowest BCUT2D eigenvalue weighted by molar-refractivity contribution is -0.116. The summed E-state index contributed by atoms with van der Waals surface area (Å²) in [4.78, 5) is 24.3. The van der Waals surface area contributed by atoms with Gasteiger partial charge in [-0.3, -0.25) is 9.69 Å². The summed E-state index contributed by atoms with van der Waals surface area (Å²) in [5.41, 5.74) is 2.08. The Bertz CT molecular complexity index is 1870. The van der Waals surface area contributed by atoms with Crippen LogP contribution in [-0.2, 0) is 22.4 Å². The number of phenolic OH excluding ortho intramolecular Hbond substituents is 1. The number of rotatable bonds is 11. The Morgan fingerprint density at radius 1 is 1.21 bits per heavy atom. The van der Waals surface area contributed by atoms with Gasteiger partial charge in [0.05, 0.1) is 16.8 Å². The number of fused-ring (bicyclic) bond motifs is 2. The number of phenols is 1. The van der Waals surface area contributed by atoms with Crippen molar-refractivity contribution < 1.29 is 28.2 Å². The average Bonchev–Trinajstić information content (AvgIpc) is 3.75. The Labute approximate surface area is 304 Å². The number of hydrogen-bond acceptors (Lipinski definition) is 8. The Hall–Kier alpha value is -4.27. The van der Waals surface area contributed by atoms with Crippen molar-refractivity contribution in [2.24, 2.45) is 5.41 Å². The highest BCUT2D eigenvalue weighted by Crippen LogP contribution is 2.43. The van der Waals surface area contributed by atoms with Crippen LogP contribution < -0.4 is 15.4 Å². The van der Waals surface area contributed by atoms with Gasteiger partial charge in [-0.1, -0.05) is 31.4 Å². The molecule has 3 aromatic rings. The van der Waals surface area contributed by atoms with Crippen LogP contribution in [0.4, 0.5) is 14.6 Å². The quantitative estimate of drug-likeness (QED) is 0.156. The number of aromatic hydroxyl groups is 1. The van der Waals surface area contributed by atoms with Gasteiger partial charge >= 0.3 is 6.01 Å². The Balaban J connectivity index is 1.21. The average molecular weight is 714 g/mol. The standard InChI is InChI=1S/C41H49F2N5O4/c1-4-31-34(43)11-9-27-18-30(49)20-33(37(27)31)26-8-10-32-35(19-26)46-39(47-38(32)45-24-41(14-6-7-15-41)23-44-36(50)5-2)52-25-40(3)21-28(42)22-48(40)29-12-16-51-17-13-29/h1,5,9,11,18,20,26,28-29,49H,2,6-8,10,12-17,19,21-25H2,3H3,(H,44,50)(H,45,46,47)/t26-,28+,40-/m0/s1. The van der Waals surface area contributed by atoms with Crippen molar-refractivity contribution in [1.82, 2.24) is 20.2 Å². The van der Waals surface area contributed by atoms with E-state index >= 15 is 4.39 Å². The summed E-state index contributed by atoms with van der Waals surface area (Å²) in [5, 5.41) is 18.7. The van der Waals surface area contributed by atoms with E-state index in [1.807, 2.05) is 0 Å². The number of amides is 1. The van der Waals surface area contributed by atoms with Crippen molar-refractivity contribution in [3.63, 3.8) is 0 Å². The minimum Gasteiger partial charge on any atom is -0.508 e. The SMILES string of the molecule is C#Cc1c(F)ccc2cc(O)cc([C@H]3CCc4c(nc(OC[C@]5(C)C[C@@H](F)CN5C5CCOCC5)nc4NCC4(CNC(=O)C=C)CCCC4)C3)c12. The second-order valence-electron chi connectivity index (χ2n) is 15.5. The van der Waals surface area contributed by atoms with Crippen molar-refractivity contribution in [1.29, 1.82) is 0 Å². The number of carbonyl (C=O) groups excluding carboxylic acids is 1. The number of hydrogen-bond donors (Lipinski definition) is 3. The Morgan fingerprint density at radius 2 is 2.00 bits per heavy atom. The lowest BCUT2D eigenvalue weighted by atomic mass is 9.79. The first kappa shape index (κ1) is 36.1. The van der Waals surface area contributed by atoms with Crippen LogP contribution in [0.2, 0.25) is 0 Å². The highest BCUT2D eigenvalue weighted by molar-refractivity contribution is 5.93. The maximum absolute atomic E-state index is 15.0. The molecule has 11 heteroatoms. The van der Waals surface area contributed by atoms with Gasteiger partial charge in [-0.05, 0) is 93.0 Å². The maximum atomic E-state index is 15.0. The van der Waals surface area contributed by atoms with Crippen molar-refractivity contribution in [2.45, 2.75) is 94.8 Å². The van der Waals surface area contributed by atoms with E-state index in [0.717, 1.165) is 55.3 Å². The summed E-state index contributed by atoms with van der Waals surface area (Å²) in [6, 6.07) is 6.73. The molecule has 3 heterocycles. The molecule has 7 rings (SSSR count). The van der Waals surface area contributed by atoms with E-state index < -0.39 is 17.5 Å². The third-order valence-corrected chi connectivity index (χ3v) is 11.9. The van der Waals surface area contributed by atoms with Gasteiger partial charge in [0.25, 0.3) is 0 Å². The number of terminal acetylenes is 1. The molecular formula is C41H49F2N5O4. The maximum Gasteiger partial charge on any atom is 0.318 e. The molecule has 3 N–H and O–H groups in total. The van der Waals surface area contributed by atoms with Crippen LogP contribution in [0.25, 0.3) is 10.8 Å². The molecule has 2 aromatic carbocycles. The van der Waals surface area contributed by atoms with E-state index in [0.29, 0.717) is 75.1 Å². The number of ether oxygens (including phenoxy) is 2. The van der Waals surface area contributed by atoms with Crippen LogP contribution in [0.15, 0.2) is 36.9 Å². The van der Waals surface area contributed by atoms with E-state index in [9.17, 15) is 14.3 Å². The Kier molecular flexibility index (Phi) is 10.4. The van der Waals surface area contributed by atoms with Gasteiger partial charge in [0.15, 0.2) is 0 Å². The highest BCUT2D eigenvalue weighted by atomic mass is 19.1. The number of nitrogens with zero attached hydrogens (tertiary/aromatic N) is 3.